The lowest BCUT2D eigenvalue weighted by Gasteiger charge is -2.07. The number of hydrogen-bond donors (Lipinski definition) is 1. The molecule has 0 aliphatic heterocycles. The summed E-state index contributed by atoms with van der Waals surface area (Å²) >= 11 is 2.32. The molecule has 0 aliphatic rings. The molecule has 1 atom stereocenters. The molecular formula is C14H16INO. The average molecular weight is 341 g/mol. The third kappa shape index (κ3) is 2.72. The molecule has 2 nitrogen and oxygen atoms in total. The van der Waals surface area contributed by atoms with Crippen LogP contribution in [0, 0.1) is 10.5 Å². The molecule has 0 fully saturated rings. The van der Waals surface area contributed by atoms with E-state index in [4.69, 9.17) is 4.42 Å². The number of benzene rings is 1. The van der Waals surface area contributed by atoms with Crippen molar-refractivity contribution in [3.05, 3.63) is 45.2 Å². The lowest BCUT2D eigenvalue weighted by Crippen LogP contribution is -2.11. The van der Waals surface area contributed by atoms with Crippen LogP contribution in [0.25, 0.3) is 11.3 Å². The van der Waals surface area contributed by atoms with Gasteiger partial charge in [-0.2, -0.15) is 0 Å². The first-order valence-electron chi connectivity index (χ1n) is 5.65. The van der Waals surface area contributed by atoms with E-state index < -0.39 is 0 Å². The topological polar surface area (TPSA) is 25.2 Å². The summed E-state index contributed by atoms with van der Waals surface area (Å²) in [6.07, 6.45) is 0. The Hall–Kier alpha value is -0.810. The molecular weight excluding hydrogens is 325 g/mol. The molecule has 1 N–H and O–H groups in total. The highest BCUT2D eigenvalue weighted by Gasteiger charge is 2.11. The molecule has 17 heavy (non-hydrogen) atoms. The van der Waals surface area contributed by atoms with Gasteiger partial charge in [-0.3, -0.25) is 0 Å². The first-order valence-corrected chi connectivity index (χ1v) is 6.73. The van der Waals surface area contributed by atoms with Crippen LogP contribution in [0.1, 0.15) is 24.3 Å². The second-order valence-electron chi connectivity index (χ2n) is 4.17. The minimum atomic E-state index is 0.242. The normalized spacial score (nSPS) is 12.7. The van der Waals surface area contributed by atoms with Crippen molar-refractivity contribution >= 4 is 22.6 Å². The Morgan fingerprint density at radius 1 is 1.24 bits per heavy atom. The van der Waals surface area contributed by atoms with Crippen LogP contribution in [0.3, 0.4) is 0 Å². The number of aryl methyl sites for hydroxylation is 1. The summed E-state index contributed by atoms with van der Waals surface area (Å²) in [6.45, 7) is 4.19. The summed E-state index contributed by atoms with van der Waals surface area (Å²) in [5, 5.41) is 3.18. The molecule has 1 unspecified atom stereocenters. The molecule has 0 saturated heterocycles. The van der Waals surface area contributed by atoms with Gasteiger partial charge < -0.3 is 9.73 Å². The van der Waals surface area contributed by atoms with Crippen LogP contribution in [-0.4, -0.2) is 7.05 Å². The van der Waals surface area contributed by atoms with Crippen molar-refractivity contribution in [3.8, 4) is 11.3 Å². The van der Waals surface area contributed by atoms with Gasteiger partial charge in [0.25, 0.3) is 0 Å². The van der Waals surface area contributed by atoms with Crippen LogP contribution in [0.4, 0.5) is 0 Å². The standard InChI is InChI=1S/C14H16INO/c1-9-4-5-11(15)8-12(9)14-7-6-13(17-14)10(2)16-3/h4-8,10,16H,1-3H3. The summed E-state index contributed by atoms with van der Waals surface area (Å²) in [6, 6.07) is 10.7. The molecule has 2 rings (SSSR count). The average Bonchev–Trinajstić information content (AvgIpc) is 2.80. The maximum absolute atomic E-state index is 5.89. The van der Waals surface area contributed by atoms with Crippen molar-refractivity contribution in [2.24, 2.45) is 0 Å². The second-order valence-corrected chi connectivity index (χ2v) is 5.42. The first kappa shape index (κ1) is 12.6. The molecule has 1 heterocycles. The molecule has 0 spiro atoms. The Labute approximate surface area is 116 Å². The van der Waals surface area contributed by atoms with E-state index in [-0.39, 0.29) is 6.04 Å². The van der Waals surface area contributed by atoms with Gasteiger partial charge in [0.2, 0.25) is 0 Å². The fourth-order valence-corrected chi connectivity index (χ4v) is 2.22. The molecule has 0 saturated carbocycles. The highest BCUT2D eigenvalue weighted by molar-refractivity contribution is 14.1. The predicted molar refractivity (Wildman–Crippen MR) is 79.1 cm³/mol. The predicted octanol–water partition coefficient (Wildman–Crippen LogP) is 4.14. The second kappa shape index (κ2) is 5.23. The lowest BCUT2D eigenvalue weighted by molar-refractivity contribution is 0.458. The van der Waals surface area contributed by atoms with Crippen molar-refractivity contribution in [1.82, 2.24) is 5.32 Å². The van der Waals surface area contributed by atoms with Crippen molar-refractivity contribution in [2.45, 2.75) is 19.9 Å². The van der Waals surface area contributed by atoms with Crippen molar-refractivity contribution in [1.29, 1.82) is 0 Å². The van der Waals surface area contributed by atoms with E-state index in [1.54, 1.807) is 0 Å². The fraction of sp³-hybridized carbons (Fsp3) is 0.286. The van der Waals surface area contributed by atoms with Gasteiger partial charge >= 0.3 is 0 Å². The Balaban J connectivity index is 2.40. The van der Waals surface area contributed by atoms with E-state index in [0.717, 1.165) is 11.5 Å². The summed E-state index contributed by atoms with van der Waals surface area (Å²) in [7, 11) is 1.93. The summed E-state index contributed by atoms with van der Waals surface area (Å²) in [5.74, 6) is 1.92. The van der Waals surface area contributed by atoms with Gasteiger partial charge in [-0.15, -0.1) is 0 Å². The molecule has 0 bridgehead atoms. The molecule has 1 aromatic carbocycles. The highest BCUT2D eigenvalue weighted by Crippen LogP contribution is 2.28. The molecule has 0 aliphatic carbocycles. The summed E-state index contributed by atoms with van der Waals surface area (Å²) in [5.41, 5.74) is 2.41. The zero-order valence-electron chi connectivity index (χ0n) is 10.3. The van der Waals surface area contributed by atoms with Crippen LogP contribution >= 0.6 is 22.6 Å². The van der Waals surface area contributed by atoms with E-state index in [9.17, 15) is 0 Å². The monoisotopic (exact) mass is 341 g/mol. The van der Waals surface area contributed by atoms with Crippen LogP contribution in [0.5, 0.6) is 0 Å². The third-order valence-electron chi connectivity index (χ3n) is 2.95. The van der Waals surface area contributed by atoms with Crippen molar-refractivity contribution in [2.75, 3.05) is 7.05 Å². The van der Waals surface area contributed by atoms with Gasteiger partial charge in [-0.25, -0.2) is 0 Å². The van der Waals surface area contributed by atoms with Crippen LogP contribution in [0.15, 0.2) is 34.7 Å². The molecule has 3 heteroatoms. The van der Waals surface area contributed by atoms with Crippen LogP contribution < -0.4 is 5.32 Å². The fourth-order valence-electron chi connectivity index (χ4n) is 1.73. The summed E-state index contributed by atoms with van der Waals surface area (Å²) < 4.78 is 7.12. The number of furan rings is 1. The van der Waals surface area contributed by atoms with Gasteiger partial charge in [0.15, 0.2) is 0 Å². The minimum absolute atomic E-state index is 0.242. The van der Waals surface area contributed by atoms with Crippen LogP contribution in [0.2, 0.25) is 0 Å². The van der Waals surface area contributed by atoms with E-state index >= 15 is 0 Å². The largest absolute Gasteiger partial charge is 0.459 e. The van der Waals surface area contributed by atoms with E-state index in [2.05, 4.69) is 60.0 Å². The third-order valence-corrected chi connectivity index (χ3v) is 3.62. The van der Waals surface area contributed by atoms with E-state index in [0.29, 0.717) is 0 Å². The molecule has 1 aromatic heterocycles. The zero-order valence-corrected chi connectivity index (χ0v) is 12.4. The zero-order chi connectivity index (χ0) is 12.4. The maximum atomic E-state index is 5.89. The van der Waals surface area contributed by atoms with E-state index in [1.165, 1.54) is 14.7 Å². The number of halogens is 1. The minimum Gasteiger partial charge on any atom is -0.459 e. The van der Waals surface area contributed by atoms with E-state index in [1.807, 2.05) is 19.2 Å². The SMILES string of the molecule is CNC(C)c1ccc(-c2cc(I)ccc2C)o1. The van der Waals surface area contributed by atoms with Crippen molar-refractivity contribution < 1.29 is 4.42 Å². The number of rotatable bonds is 3. The Bertz CT molecular complexity index is 519. The lowest BCUT2D eigenvalue weighted by atomic mass is 10.1. The number of hydrogen-bond acceptors (Lipinski definition) is 2. The number of nitrogens with one attached hydrogen (secondary N) is 1. The van der Waals surface area contributed by atoms with Gasteiger partial charge in [-0.1, -0.05) is 6.07 Å². The van der Waals surface area contributed by atoms with Crippen LogP contribution in [-0.2, 0) is 0 Å². The molecule has 2 aromatic rings. The van der Waals surface area contributed by atoms with Gasteiger partial charge in [-0.05, 0) is 73.3 Å². The quantitative estimate of drug-likeness (QED) is 0.849. The Kier molecular flexibility index (Phi) is 3.89. The maximum Gasteiger partial charge on any atom is 0.134 e. The highest BCUT2D eigenvalue weighted by atomic mass is 127. The van der Waals surface area contributed by atoms with Crippen molar-refractivity contribution in [3.63, 3.8) is 0 Å². The molecule has 90 valence electrons. The first-order chi connectivity index (χ1) is 8.11. The van der Waals surface area contributed by atoms with Gasteiger partial charge in [0.05, 0.1) is 6.04 Å². The Morgan fingerprint density at radius 3 is 2.71 bits per heavy atom. The summed E-state index contributed by atoms with van der Waals surface area (Å²) in [4.78, 5) is 0. The van der Waals surface area contributed by atoms with Gasteiger partial charge in [0.1, 0.15) is 11.5 Å². The Morgan fingerprint density at radius 2 is 2.00 bits per heavy atom. The van der Waals surface area contributed by atoms with Gasteiger partial charge in [0, 0.05) is 9.13 Å². The smallest absolute Gasteiger partial charge is 0.134 e. The molecule has 0 radical (unpaired) electrons. The molecule has 0 amide bonds.